The summed E-state index contributed by atoms with van der Waals surface area (Å²) in [4.78, 5) is 14.3. The van der Waals surface area contributed by atoms with Crippen molar-refractivity contribution in [2.75, 3.05) is 20.6 Å². The molecule has 3 nitrogen and oxygen atoms in total. The van der Waals surface area contributed by atoms with Crippen LogP contribution in [-0.2, 0) is 17.6 Å². The Hall–Kier alpha value is -1.55. The van der Waals surface area contributed by atoms with Crippen LogP contribution in [-0.4, -0.2) is 37.5 Å². The zero-order valence-electron chi connectivity index (χ0n) is 13.9. The fourth-order valence-electron chi connectivity index (χ4n) is 2.45. The minimum atomic E-state index is -0.0201. The molecule has 0 radical (unpaired) electrons. The van der Waals surface area contributed by atoms with Crippen molar-refractivity contribution in [3.63, 3.8) is 0 Å². The second-order valence-corrected chi connectivity index (χ2v) is 6.85. The monoisotopic (exact) mass is 364 g/mol. The molecule has 0 aliphatic rings. The van der Waals surface area contributed by atoms with Crippen LogP contribution in [0, 0.1) is 0 Å². The third-order valence-corrected chi connectivity index (χ3v) is 4.67. The zero-order chi connectivity index (χ0) is 17.5. The van der Waals surface area contributed by atoms with Crippen molar-refractivity contribution in [3.05, 3.63) is 69.7 Å². The van der Waals surface area contributed by atoms with Gasteiger partial charge in [0.05, 0.1) is 16.5 Å². The van der Waals surface area contributed by atoms with Crippen LogP contribution in [0.25, 0.3) is 0 Å². The average Bonchev–Trinajstić information content (AvgIpc) is 2.55. The number of hydrogen-bond acceptors (Lipinski definition) is 2. The first-order valence-corrected chi connectivity index (χ1v) is 8.62. The van der Waals surface area contributed by atoms with Crippen LogP contribution in [0.15, 0.2) is 48.5 Å². The average molecular weight is 365 g/mol. The number of carbonyl (C=O) groups excluding carboxylic acids is 1. The van der Waals surface area contributed by atoms with Gasteiger partial charge in [0.2, 0.25) is 5.91 Å². The van der Waals surface area contributed by atoms with E-state index in [4.69, 9.17) is 23.2 Å². The lowest BCUT2D eigenvalue weighted by atomic mass is 10.0. The summed E-state index contributed by atoms with van der Waals surface area (Å²) in [5.41, 5.74) is 2.11. The van der Waals surface area contributed by atoms with Crippen molar-refractivity contribution in [1.82, 2.24) is 10.2 Å². The summed E-state index contributed by atoms with van der Waals surface area (Å²) in [6, 6.07) is 15.8. The molecule has 24 heavy (non-hydrogen) atoms. The van der Waals surface area contributed by atoms with Crippen LogP contribution < -0.4 is 5.32 Å². The molecular weight excluding hydrogens is 343 g/mol. The van der Waals surface area contributed by atoms with Gasteiger partial charge in [-0.3, -0.25) is 4.79 Å². The van der Waals surface area contributed by atoms with Crippen LogP contribution in [0.1, 0.15) is 11.1 Å². The SMILES string of the molecule is CN(C)[C@H](CNC(=O)Cc1ccc(Cl)c(Cl)c1)Cc1ccccc1. The molecule has 0 bridgehead atoms. The maximum absolute atomic E-state index is 12.2. The quantitative estimate of drug-likeness (QED) is 0.809. The molecule has 1 amide bonds. The number of carbonyl (C=O) groups is 1. The molecule has 0 aliphatic heterocycles. The summed E-state index contributed by atoms with van der Waals surface area (Å²) in [5.74, 6) is -0.0201. The third-order valence-electron chi connectivity index (χ3n) is 3.93. The van der Waals surface area contributed by atoms with Gasteiger partial charge in [-0.05, 0) is 43.8 Å². The molecule has 0 saturated carbocycles. The second-order valence-electron chi connectivity index (χ2n) is 6.04. The number of rotatable bonds is 7. The van der Waals surface area contributed by atoms with E-state index in [0.29, 0.717) is 23.0 Å². The molecule has 2 rings (SSSR count). The van der Waals surface area contributed by atoms with Crippen LogP contribution in [0.2, 0.25) is 10.0 Å². The van der Waals surface area contributed by atoms with Crippen molar-refractivity contribution < 1.29 is 4.79 Å². The van der Waals surface area contributed by atoms with E-state index >= 15 is 0 Å². The molecule has 0 spiro atoms. The van der Waals surface area contributed by atoms with Crippen molar-refractivity contribution in [2.45, 2.75) is 18.9 Å². The Labute approximate surface area is 153 Å². The first-order chi connectivity index (χ1) is 11.5. The number of amides is 1. The van der Waals surface area contributed by atoms with Crippen molar-refractivity contribution in [2.24, 2.45) is 0 Å². The number of hydrogen-bond donors (Lipinski definition) is 1. The molecule has 0 aromatic heterocycles. The first kappa shape index (κ1) is 18.8. The van der Waals surface area contributed by atoms with Gasteiger partial charge in [-0.2, -0.15) is 0 Å². The minimum Gasteiger partial charge on any atom is -0.354 e. The van der Waals surface area contributed by atoms with E-state index in [9.17, 15) is 4.79 Å². The van der Waals surface area contributed by atoms with Crippen LogP contribution in [0.3, 0.4) is 0 Å². The zero-order valence-corrected chi connectivity index (χ0v) is 15.4. The molecule has 0 unspecified atom stereocenters. The topological polar surface area (TPSA) is 32.3 Å². The summed E-state index contributed by atoms with van der Waals surface area (Å²) in [7, 11) is 4.05. The highest BCUT2D eigenvalue weighted by atomic mass is 35.5. The van der Waals surface area contributed by atoms with E-state index in [0.717, 1.165) is 12.0 Å². The molecule has 0 heterocycles. The lowest BCUT2D eigenvalue weighted by Crippen LogP contribution is -2.42. The Morgan fingerprint density at radius 2 is 1.75 bits per heavy atom. The molecule has 128 valence electrons. The van der Waals surface area contributed by atoms with E-state index < -0.39 is 0 Å². The van der Waals surface area contributed by atoms with Gasteiger partial charge in [-0.1, -0.05) is 59.6 Å². The lowest BCUT2D eigenvalue weighted by Gasteiger charge is -2.24. The molecule has 0 aliphatic carbocycles. The van der Waals surface area contributed by atoms with E-state index in [-0.39, 0.29) is 11.9 Å². The minimum absolute atomic E-state index is 0.0201. The molecule has 1 atom stereocenters. The number of likely N-dealkylation sites (N-methyl/N-ethyl adjacent to an activating group) is 1. The van der Waals surface area contributed by atoms with E-state index in [2.05, 4.69) is 22.3 Å². The van der Waals surface area contributed by atoms with Crippen molar-refractivity contribution >= 4 is 29.1 Å². The van der Waals surface area contributed by atoms with Gasteiger partial charge >= 0.3 is 0 Å². The third kappa shape index (κ3) is 5.82. The largest absolute Gasteiger partial charge is 0.354 e. The Bertz CT molecular complexity index is 674. The van der Waals surface area contributed by atoms with Crippen LogP contribution in [0.5, 0.6) is 0 Å². The van der Waals surface area contributed by atoms with Crippen molar-refractivity contribution in [3.8, 4) is 0 Å². The maximum Gasteiger partial charge on any atom is 0.224 e. The van der Waals surface area contributed by atoms with Crippen LogP contribution in [0.4, 0.5) is 0 Å². The summed E-state index contributed by atoms with van der Waals surface area (Å²) >= 11 is 11.9. The molecular formula is C19H22Cl2N2O. The van der Waals surface area contributed by atoms with E-state index in [1.54, 1.807) is 12.1 Å². The number of nitrogens with one attached hydrogen (secondary N) is 1. The predicted molar refractivity (Wildman–Crippen MR) is 101 cm³/mol. The highest BCUT2D eigenvalue weighted by Gasteiger charge is 2.14. The summed E-state index contributed by atoms with van der Waals surface area (Å²) < 4.78 is 0. The number of halogens is 2. The molecule has 5 heteroatoms. The van der Waals surface area contributed by atoms with Gasteiger partial charge in [-0.15, -0.1) is 0 Å². The van der Waals surface area contributed by atoms with Gasteiger partial charge in [0, 0.05) is 12.6 Å². The summed E-state index contributed by atoms with van der Waals surface area (Å²) in [5, 5.41) is 3.98. The Morgan fingerprint density at radius 3 is 2.38 bits per heavy atom. The van der Waals surface area contributed by atoms with Gasteiger partial charge in [0.1, 0.15) is 0 Å². The number of nitrogens with zero attached hydrogens (tertiary/aromatic N) is 1. The highest BCUT2D eigenvalue weighted by Crippen LogP contribution is 2.22. The molecule has 2 aromatic rings. The van der Waals surface area contributed by atoms with Gasteiger partial charge < -0.3 is 10.2 Å². The van der Waals surface area contributed by atoms with Gasteiger partial charge in [0.15, 0.2) is 0 Å². The second kappa shape index (κ2) is 9.07. The highest BCUT2D eigenvalue weighted by molar-refractivity contribution is 6.42. The first-order valence-electron chi connectivity index (χ1n) is 7.86. The lowest BCUT2D eigenvalue weighted by molar-refractivity contribution is -0.120. The van der Waals surface area contributed by atoms with E-state index in [1.807, 2.05) is 38.4 Å². The van der Waals surface area contributed by atoms with E-state index in [1.165, 1.54) is 5.56 Å². The predicted octanol–water partition coefficient (Wildman–Crippen LogP) is 3.83. The normalized spacial score (nSPS) is 12.2. The molecule has 0 saturated heterocycles. The Kier molecular flexibility index (Phi) is 7.10. The Balaban J connectivity index is 1.89. The van der Waals surface area contributed by atoms with Crippen molar-refractivity contribution in [1.29, 1.82) is 0 Å². The van der Waals surface area contributed by atoms with Gasteiger partial charge in [0.25, 0.3) is 0 Å². The fourth-order valence-corrected chi connectivity index (χ4v) is 2.77. The smallest absolute Gasteiger partial charge is 0.224 e. The maximum atomic E-state index is 12.2. The molecule has 0 fully saturated rings. The standard InChI is InChI=1S/C19H22Cl2N2O/c1-23(2)16(10-14-6-4-3-5-7-14)13-22-19(24)12-15-8-9-17(20)18(21)11-15/h3-9,11,16H,10,12-13H2,1-2H3,(H,22,24)/t16-/m0/s1. The van der Waals surface area contributed by atoms with Gasteiger partial charge in [-0.25, -0.2) is 0 Å². The fraction of sp³-hybridized carbons (Fsp3) is 0.316. The Morgan fingerprint density at radius 1 is 1.04 bits per heavy atom. The molecule has 2 aromatic carbocycles. The number of benzene rings is 2. The van der Waals surface area contributed by atoms with Crippen LogP contribution >= 0.6 is 23.2 Å². The molecule has 1 N–H and O–H groups in total. The summed E-state index contributed by atoms with van der Waals surface area (Å²) in [6.07, 6.45) is 1.18. The summed E-state index contributed by atoms with van der Waals surface area (Å²) in [6.45, 7) is 0.599.